The van der Waals surface area contributed by atoms with Gasteiger partial charge in [-0.15, -0.1) is 18.3 Å². The maximum atomic E-state index is 11.8. The number of anilines is 1. The zero-order valence-electron chi connectivity index (χ0n) is 10.1. The molecule has 0 atom stereocenters. The molecular formula is C15H15NOS. The third-order valence-electron chi connectivity index (χ3n) is 2.53. The standard InChI is InChI=1S/C15H15NOS/c1-2-10-18-11-15(17)16-14-9-5-7-12-6-3-4-8-13(12)14/h2-9H,1,10-11H2,(H,16,17). The van der Waals surface area contributed by atoms with Crippen LogP contribution in [-0.4, -0.2) is 17.4 Å². The molecule has 0 heterocycles. The van der Waals surface area contributed by atoms with E-state index in [2.05, 4.69) is 11.9 Å². The second-order valence-corrected chi connectivity index (χ2v) is 4.91. The zero-order chi connectivity index (χ0) is 12.8. The summed E-state index contributed by atoms with van der Waals surface area (Å²) in [5, 5.41) is 5.15. The quantitative estimate of drug-likeness (QED) is 0.653. The number of thioether (sulfide) groups is 1. The number of fused-ring (bicyclic) bond motifs is 1. The summed E-state index contributed by atoms with van der Waals surface area (Å²) in [5.74, 6) is 1.27. The van der Waals surface area contributed by atoms with Crippen LogP contribution in [0.4, 0.5) is 5.69 Å². The predicted molar refractivity (Wildman–Crippen MR) is 80.1 cm³/mol. The Balaban J connectivity index is 2.11. The highest BCUT2D eigenvalue weighted by atomic mass is 32.2. The molecule has 3 heteroatoms. The number of hydrogen-bond acceptors (Lipinski definition) is 2. The number of benzene rings is 2. The van der Waals surface area contributed by atoms with E-state index in [0.29, 0.717) is 5.75 Å². The van der Waals surface area contributed by atoms with E-state index in [0.717, 1.165) is 22.2 Å². The molecule has 0 aliphatic rings. The SMILES string of the molecule is C=CCSCC(=O)Nc1cccc2ccccc12. The molecule has 2 aromatic rings. The summed E-state index contributed by atoms with van der Waals surface area (Å²) >= 11 is 1.56. The Labute approximate surface area is 111 Å². The van der Waals surface area contributed by atoms with E-state index in [1.165, 1.54) is 0 Å². The first kappa shape index (κ1) is 12.7. The van der Waals surface area contributed by atoms with Crippen molar-refractivity contribution in [3.05, 3.63) is 55.1 Å². The average molecular weight is 257 g/mol. The highest BCUT2D eigenvalue weighted by molar-refractivity contribution is 8.00. The summed E-state index contributed by atoms with van der Waals surface area (Å²) in [6.07, 6.45) is 1.80. The Morgan fingerprint density at radius 2 is 2.00 bits per heavy atom. The van der Waals surface area contributed by atoms with Crippen LogP contribution in [0.15, 0.2) is 55.1 Å². The molecule has 0 saturated carbocycles. The van der Waals surface area contributed by atoms with Crippen LogP contribution in [0.25, 0.3) is 10.8 Å². The third kappa shape index (κ3) is 3.14. The minimum absolute atomic E-state index is 0.0261. The van der Waals surface area contributed by atoms with Crippen LogP contribution < -0.4 is 5.32 Å². The van der Waals surface area contributed by atoms with Gasteiger partial charge in [-0.05, 0) is 11.5 Å². The Morgan fingerprint density at radius 3 is 2.83 bits per heavy atom. The van der Waals surface area contributed by atoms with Crippen molar-refractivity contribution in [2.24, 2.45) is 0 Å². The van der Waals surface area contributed by atoms with Gasteiger partial charge in [-0.25, -0.2) is 0 Å². The Kier molecular flexibility index (Phi) is 4.42. The zero-order valence-corrected chi connectivity index (χ0v) is 10.9. The van der Waals surface area contributed by atoms with E-state index < -0.39 is 0 Å². The fourth-order valence-electron chi connectivity index (χ4n) is 1.76. The molecule has 0 fully saturated rings. The van der Waals surface area contributed by atoms with Crippen molar-refractivity contribution in [1.29, 1.82) is 0 Å². The van der Waals surface area contributed by atoms with Crippen molar-refractivity contribution in [2.75, 3.05) is 16.8 Å². The Morgan fingerprint density at radius 1 is 1.22 bits per heavy atom. The van der Waals surface area contributed by atoms with E-state index in [4.69, 9.17) is 0 Å². The lowest BCUT2D eigenvalue weighted by atomic mass is 10.1. The molecule has 0 aliphatic heterocycles. The topological polar surface area (TPSA) is 29.1 Å². The third-order valence-corrected chi connectivity index (χ3v) is 3.47. The molecular weight excluding hydrogens is 242 g/mol. The van der Waals surface area contributed by atoms with Gasteiger partial charge in [0.05, 0.1) is 5.75 Å². The molecule has 0 radical (unpaired) electrons. The minimum Gasteiger partial charge on any atom is -0.325 e. The fraction of sp³-hybridized carbons (Fsp3) is 0.133. The molecule has 0 aromatic heterocycles. The first-order chi connectivity index (χ1) is 8.81. The average Bonchev–Trinajstić information content (AvgIpc) is 2.39. The van der Waals surface area contributed by atoms with Crippen molar-refractivity contribution < 1.29 is 4.79 Å². The number of carbonyl (C=O) groups is 1. The van der Waals surface area contributed by atoms with Gasteiger partial charge >= 0.3 is 0 Å². The molecule has 18 heavy (non-hydrogen) atoms. The molecule has 1 N–H and O–H groups in total. The van der Waals surface area contributed by atoms with Crippen LogP contribution in [0.5, 0.6) is 0 Å². The first-order valence-corrected chi connectivity index (χ1v) is 6.93. The number of amides is 1. The molecule has 1 amide bonds. The first-order valence-electron chi connectivity index (χ1n) is 5.77. The second kappa shape index (κ2) is 6.26. The Hall–Kier alpha value is -1.74. The molecule has 0 aliphatic carbocycles. The van der Waals surface area contributed by atoms with E-state index >= 15 is 0 Å². The number of hydrogen-bond donors (Lipinski definition) is 1. The summed E-state index contributed by atoms with van der Waals surface area (Å²) in [4.78, 5) is 11.8. The molecule has 0 spiro atoms. The minimum atomic E-state index is 0.0261. The maximum Gasteiger partial charge on any atom is 0.234 e. The lowest BCUT2D eigenvalue weighted by Gasteiger charge is -2.08. The molecule has 92 valence electrons. The fourth-order valence-corrected chi connectivity index (χ4v) is 2.30. The second-order valence-electron chi connectivity index (χ2n) is 3.88. The van der Waals surface area contributed by atoms with Gasteiger partial charge in [0.2, 0.25) is 5.91 Å². The van der Waals surface area contributed by atoms with E-state index in [1.54, 1.807) is 17.8 Å². The summed E-state index contributed by atoms with van der Waals surface area (Å²) in [6.45, 7) is 3.63. The van der Waals surface area contributed by atoms with E-state index in [1.807, 2.05) is 42.5 Å². The number of carbonyl (C=O) groups excluding carboxylic acids is 1. The van der Waals surface area contributed by atoms with Gasteiger partial charge in [0.25, 0.3) is 0 Å². The molecule has 0 saturated heterocycles. The largest absolute Gasteiger partial charge is 0.325 e. The van der Waals surface area contributed by atoms with Crippen molar-refractivity contribution in [3.63, 3.8) is 0 Å². The summed E-state index contributed by atoms with van der Waals surface area (Å²) in [7, 11) is 0. The van der Waals surface area contributed by atoms with E-state index in [-0.39, 0.29) is 5.91 Å². The van der Waals surface area contributed by atoms with Crippen LogP contribution >= 0.6 is 11.8 Å². The van der Waals surface area contributed by atoms with Crippen molar-refractivity contribution in [2.45, 2.75) is 0 Å². The molecule has 0 unspecified atom stereocenters. The lowest BCUT2D eigenvalue weighted by Crippen LogP contribution is -2.14. The summed E-state index contributed by atoms with van der Waals surface area (Å²) in [6, 6.07) is 13.9. The van der Waals surface area contributed by atoms with Crippen LogP contribution in [0, 0.1) is 0 Å². The molecule has 2 rings (SSSR count). The highest BCUT2D eigenvalue weighted by Gasteiger charge is 2.04. The van der Waals surface area contributed by atoms with Gasteiger partial charge in [-0.1, -0.05) is 42.5 Å². The Bertz CT molecular complexity index is 560. The van der Waals surface area contributed by atoms with Crippen LogP contribution in [0.3, 0.4) is 0 Å². The van der Waals surface area contributed by atoms with Crippen molar-refractivity contribution in [3.8, 4) is 0 Å². The summed E-state index contributed by atoms with van der Waals surface area (Å²) in [5.41, 5.74) is 0.873. The number of rotatable bonds is 5. The van der Waals surface area contributed by atoms with E-state index in [9.17, 15) is 4.79 Å². The highest BCUT2D eigenvalue weighted by Crippen LogP contribution is 2.23. The van der Waals surface area contributed by atoms with Crippen LogP contribution in [0.2, 0.25) is 0 Å². The van der Waals surface area contributed by atoms with Gasteiger partial charge < -0.3 is 5.32 Å². The molecule has 2 nitrogen and oxygen atoms in total. The van der Waals surface area contributed by atoms with Gasteiger partial charge in [-0.2, -0.15) is 0 Å². The maximum absolute atomic E-state index is 11.8. The lowest BCUT2D eigenvalue weighted by molar-refractivity contribution is -0.113. The van der Waals surface area contributed by atoms with Gasteiger partial charge in [0.1, 0.15) is 0 Å². The van der Waals surface area contributed by atoms with Crippen molar-refractivity contribution in [1.82, 2.24) is 0 Å². The van der Waals surface area contributed by atoms with Crippen LogP contribution in [0.1, 0.15) is 0 Å². The van der Waals surface area contributed by atoms with Crippen molar-refractivity contribution >= 4 is 34.1 Å². The van der Waals surface area contributed by atoms with Gasteiger partial charge in [0.15, 0.2) is 0 Å². The normalized spacial score (nSPS) is 10.2. The number of nitrogens with one attached hydrogen (secondary N) is 1. The molecule has 2 aromatic carbocycles. The summed E-state index contributed by atoms with van der Waals surface area (Å²) < 4.78 is 0. The monoisotopic (exact) mass is 257 g/mol. The van der Waals surface area contributed by atoms with Crippen LogP contribution in [-0.2, 0) is 4.79 Å². The smallest absolute Gasteiger partial charge is 0.234 e. The van der Waals surface area contributed by atoms with Gasteiger partial charge in [0, 0.05) is 16.8 Å². The van der Waals surface area contributed by atoms with Gasteiger partial charge in [-0.3, -0.25) is 4.79 Å². The molecule has 0 bridgehead atoms. The predicted octanol–water partition coefficient (Wildman–Crippen LogP) is 3.70.